The average molecular weight is 263 g/mol. The topological polar surface area (TPSA) is 50.7 Å². The lowest BCUT2D eigenvalue weighted by Gasteiger charge is -2.15. The summed E-state index contributed by atoms with van der Waals surface area (Å²) >= 11 is 6.15. The molecule has 5 heteroatoms. The van der Waals surface area contributed by atoms with Crippen molar-refractivity contribution in [1.29, 1.82) is 0 Å². The summed E-state index contributed by atoms with van der Waals surface area (Å²) in [6, 6.07) is 7.75. The number of halogens is 1. The van der Waals surface area contributed by atoms with Gasteiger partial charge in [0.1, 0.15) is 0 Å². The van der Waals surface area contributed by atoms with Crippen LogP contribution in [0.5, 0.6) is 0 Å². The first-order valence-electron chi connectivity index (χ1n) is 5.77. The third kappa shape index (κ3) is 2.76. The molecule has 0 aliphatic carbocycles. The van der Waals surface area contributed by atoms with Crippen LogP contribution in [-0.4, -0.2) is 15.2 Å². The molecule has 0 aliphatic rings. The Morgan fingerprint density at radius 1 is 1.11 bits per heavy atom. The van der Waals surface area contributed by atoms with E-state index in [2.05, 4.69) is 20.5 Å². The second-order valence-electron chi connectivity index (χ2n) is 4.19. The summed E-state index contributed by atoms with van der Waals surface area (Å²) < 4.78 is 0. The lowest BCUT2D eigenvalue weighted by Crippen LogP contribution is -2.11. The minimum atomic E-state index is 0.0302. The van der Waals surface area contributed by atoms with Crippen molar-refractivity contribution in [3.05, 3.63) is 46.2 Å². The van der Waals surface area contributed by atoms with Crippen LogP contribution in [0.2, 0.25) is 5.02 Å². The van der Waals surface area contributed by atoms with Crippen LogP contribution >= 0.6 is 11.6 Å². The highest BCUT2D eigenvalue weighted by molar-refractivity contribution is 6.31. The molecule has 0 fully saturated rings. The Hall–Kier alpha value is -1.68. The molecule has 0 saturated carbocycles. The van der Waals surface area contributed by atoms with Gasteiger partial charge >= 0.3 is 0 Å². The van der Waals surface area contributed by atoms with Crippen LogP contribution in [0.15, 0.2) is 24.3 Å². The maximum atomic E-state index is 6.15. The first-order chi connectivity index (χ1) is 8.58. The number of rotatable bonds is 3. The van der Waals surface area contributed by atoms with Gasteiger partial charge in [-0.15, -0.1) is 5.10 Å². The molecule has 1 N–H and O–H groups in total. The quantitative estimate of drug-likeness (QED) is 0.922. The van der Waals surface area contributed by atoms with Gasteiger partial charge in [0.05, 0.1) is 17.4 Å². The third-order valence-corrected chi connectivity index (χ3v) is 3.15. The zero-order valence-electron chi connectivity index (χ0n) is 10.6. The Labute approximate surface area is 111 Å². The molecule has 18 heavy (non-hydrogen) atoms. The molecule has 2 aromatic rings. The summed E-state index contributed by atoms with van der Waals surface area (Å²) in [5, 5.41) is 12.0. The van der Waals surface area contributed by atoms with Gasteiger partial charge in [-0.2, -0.15) is 5.10 Å². The van der Waals surface area contributed by atoms with Crippen molar-refractivity contribution >= 4 is 17.5 Å². The summed E-state index contributed by atoms with van der Waals surface area (Å²) in [5.41, 5.74) is 2.73. The molecule has 0 radical (unpaired) electrons. The van der Waals surface area contributed by atoms with E-state index >= 15 is 0 Å². The van der Waals surface area contributed by atoms with Crippen LogP contribution in [0.4, 0.5) is 5.95 Å². The molecular weight excluding hydrogens is 248 g/mol. The normalized spacial score (nSPS) is 12.2. The van der Waals surface area contributed by atoms with E-state index in [9.17, 15) is 0 Å². The van der Waals surface area contributed by atoms with E-state index in [1.165, 1.54) is 0 Å². The molecule has 0 saturated heterocycles. The van der Waals surface area contributed by atoms with Gasteiger partial charge in [0.25, 0.3) is 0 Å². The summed E-state index contributed by atoms with van der Waals surface area (Å²) in [4.78, 5) is 4.34. The zero-order valence-corrected chi connectivity index (χ0v) is 11.4. The summed E-state index contributed by atoms with van der Waals surface area (Å²) in [6.45, 7) is 5.81. The van der Waals surface area contributed by atoms with Crippen LogP contribution in [0.3, 0.4) is 0 Å². The summed E-state index contributed by atoms with van der Waals surface area (Å²) in [6.07, 6.45) is 0. The van der Waals surface area contributed by atoms with Gasteiger partial charge in [-0.1, -0.05) is 29.8 Å². The van der Waals surface area contributed by atoms with Crippen LogP contribution < -0.4 is 5.32 Å². The van der Waals surface area contributed by atoms with Crippen LogP contribution in [0.1, 0.15) is 29.9 Å². The lowest BCUT2D eigenvalue weighted by molar-refractivity contribution is 0.821. The van der Waals surface area contributed by atoms with E-state index in [0.29, 0.717) is 5.95 Å². The van der Waals surface area contributed by atoms with Crippen molar-refractivity contribution in [1.82, 2.24) is 15.2 Å². The molecule has 0 amide bonds. The number of hydrogen-bond acceptors (Lipinski definition) is 4. The number of anilines is 1. The Balaban J connectivity index is 2.19. The fourth-order valence-corrected chi connectivity index (χ4v) is 1.92. The lowest BCUT2D eigenvalue weighted by atomic mass is 10.1. The van der Waals surface area contributed by atoms with E-state index in [-0.39, 0.29) is 6.04 Å². The Kier molecular flexibility index (Phi) is 3.77. The molecule has 1 heterocycles. The molecule has 0 spiro atoms. The van der Waals surface area contributed by atoms with Crippen molar-refractivity contribution in [3.63, 3.8) is 0 Å². The smallest absolute Gasteiger partial charge is 0.243 e. The molecule has 94 valence electrons. The Bertz CT molecular complexity index is 556. The van der Waals surface area contributed by atoms with Gasteiger partial charge in [0.2, 0.25) is 5.95 Å². The Morgan fingerprint density at radius 3 is 2.50 bits per heavy atom. The van der Waals surface area contributed by atoms with Gasteiger partial charge in [-0.05, 0) is 32.4 Å². The number of nitrogens with one attached hydrogen (secondary N) is 1. The van der Waals surface area contributed by atoms with Crippen molar-refractivity contribution < 1.29 is 0 Å². The van der Waals surface area contributed by atoms with Crippen LogP contribution in [0.25, 0.3) is 0 Å². The second kappa shape index (κ2) is 5.31. The predicted octanol–water partition coefficient (Wildman–Crippen LogP) is 3.31. The molecule has 0 aliphatic heterocycles. The molecule has 0 bridgehead atoms. The van der Waals surface area contributed by atoms with Crippen molar-refractivity contribution in [2.45, 2.75) is 26.8 Å². The minimum absolute atomic E-state index is 0.0302. The van der Waals surface area contributed by atoms with E-state index in [0.717, 1.165) is 22.0 Å². The monoisotopic (exact) mass is 262 g/mol. The van der Waals surface area contributed by atoms with Gasteiger partial charge in [-0.25, -0.2) is 4.98 Å². The maximum Gasteiger partial charge on any atom is 0.243 e. The molecule has 2 rings (SSSR count). The highest BCUT2D eigenvalue weighted by Crippen LogP contribution is 2.24. The van der Waals surface area contributed by atoms with Gasteiger partial charge in [0.15, 0.2) is 0 Å². The van der Waals surface area contributed by atoms with E-state index in [1.54, 1.807) is 0 Å². The van der Waals surface area contributed by atoms with Gasteiger partial charge in [0, 0.05) is 5.02 Å². The third-order valence-electron chi connectivity index (χ3n) is 2.81. The number of hydrogen-bond donors (Lipinski definition) is 1. The van der Waals surface area contributed by atoms with E-state index in [4.69, 9.17) is 11.6 Å². The van der Waals surface area contributed by atoms with Crippen LogP contribution in [0, 0.1) is 13.8 Å². The first-order valence-corrected chi connectivity index (χ1v) is 6.14. The number of benzene rings is 1. The molecule has 1 aromatic carbocycles. The summed E-state index contributed by atoms with van der Waals surface area (Å²) in [7, 11) is 0. The molecular formula is C13H15ClN4. The van der Waals surface area contributed by atoms with Gasteiger partial charge < -0.3 is 5.32 Å². The fraction of sp³-hybridized carbons (Fsp3) is 0.308. The number of aromatic nitrogens is 3. The molecule has 1 aromatic heterocycles. The van der Waals surface area contributed by atoms with E-state index < -0.39 is 0 Å². The number of nitrogens with zero attached hydrogens (tertiary/aromatic N) is 3. The van der Waals surface area contributed by atoms with Crippen molar-refractivity contribution in [2.75, 3.05) is 5.32 Å². The molecule has 1 unspecified atom stereocenters. The van der Waals surface area contributed by atoms with Crippen LogP contribution in [-0.2, 0) is 0 Å². The average Bonchev–Trinajstić information content (AvgIpc) is 2.34. The summed E-state index contributed by atoms with van der Waals surface area (Å²) in [5.74, 6) is 0.519. The van der Waals surface area contributed by atoms with E-state index in [1.807, 2.05) is 45.0 Å². The minimum Gasteiger partial charge on any atom is -0.346 e. The number of aryl methyl sites for hydroxylation is 2. The first kappa shape index (κ1) is 12.8. The fourth-order valence-electron chi connectivity index (χ4n) is 1.62. The van der Waals surface area contributed by atoms with Crippen molar-refractivity contribution in [2.24, 2.45) is 0 Å². The highest BCUT2D eigenvalue weighted by atomic mass is 35.5. The van der Waals surface area contributed by atoms with Crippen molar-refractivity contribution in [3.8, 4) is 0 Å². The maximum absolute atomic E-state index is 6.15. The highest BCUT2D eigenvalue weighted by Gasteiger charge is 2.10. The molecule has 1 atom stereocenters. The van der Waals surface area contributed by atoms with Gasteiger partial charge in [-0.3, -0.25) is 0 Å². The second-order valence-corrected chi connectivity index (χ2v) is 4.60. The zero-order chi connectivity index (χ0) is 13.1. The largest absolute Gasteiger partial charge is 0.346 e. The predicted molar refractivity (Wildman–Crippen MR) is 72.8 cm³/mol. The standard InChI is InChI=1S/C13H15ClN4/c1-8-9(2)17-18-13(15-8)16-10(3)11-6-4-5-7-12(11)14/h4-7,10H,1-3H3,(H,15,16,18). The Morgan fingerprint density at radius 2 is 1.83 bits per heavy atom. The molecule has 4 nitrogen and oxygen atoms in total. The SMILES string of the molecule is Cc1nnc(NC(C)c2ccccc2Cl)nc1C.